The van der Waals surface area contributed by atoms with E-state index in [1.165, 1.54) is 0 Å². The van der Waals surface area contributed by atoms with Crippen molar-refractivity contribution in [3.05, 3.63) is 58.1 Å². The molecule has 4 heteroatoms. The highest BCUT2D eigenvalue weighted by molar-refractivity contribution is 5.92. The fraction of sp³-hybridized carbons (Fsp3) is 0.409. The van der Waals surface area contributed by atoms with Gasteiger partial charge in [0.15, 0.2) is 0 Å². The van der Waals surface area contributed by atoms with Gasteiger partial charge in [0.25, 0.3) is 0 Å². The molecule has 0 aliphatic carbocycles. The van der Waals surface area contributed by atoms with Crippen molar-refractivity contribution in [3.8, 4) is 5.75 Å². The number of aliphatic hydroxyl groups excluding tert-OH is 1. The smallest absolute Gasteiger partial charge is 0.226 e. The number of amides is 1. The maximum atomic E-state index is 11.9. The Morgan fingerprint density at radius 3 is 2.08 bits per heavy atom. The molecule has 2 rings (SSSR count). The molecule has 26 heavy (non-hydrogen) atoms. The van der Waals surface area contributed by atoms with Crippen LogP contribution in [0.25, 0.3) is 0 Å². The molecule has 0 saturated carbocycles. The van der Waals surface area contributed by atoms with Gasteiger partial charge in [-0.25, -0.2) is 0 Å². The fourth-order valence-corrected chi connectivity index (χ4v) is 3.14. The van der Waals surface area contributed by atoms with E-state index in [-0.39, 0.29) is 23.5 Å². The number of aryl methyl sites for hydroxylation is 2. The van der Waals surface area contributed by atoms with Crippen molar-refractivity contribution in [3.63, 3.8) is 0 Å². The van der Waals surface area contributed by atoms with Crippen LogP contribution in [-0.4, -0.2) is 16.1 Å². The molecule has 1 atom stereocenters. The third kappa shape index (κ3) is 4.25. The number of phenolic OH excluding ortho intramolecular Hbond substituents is 1. The summed E-state index contributed by atoms with van der Waals surface area (Å²) in [4.78, 5) is 11.9. The summed E-state index contributed by atoms with van der Waals surface area (Å²) < 4.78 is 0. The number of aliphatic hydroxyl groups is 1. The van der Waals surface area contributed by atoms with Crippen molar-refractivity contribution in [2.45, 2.75) is 53.6 Å². The van der Waals surface area contributed by atoms with E-state index in [2.05, 4.69) is 5.32 Å². The monoisotopic (exact) mass is 355 g/mol. The van der Waals surface area contributed by atoms with Gasteiger partial charge in [-0.2, -0.15) is 0 Å². The Balaban J connectivity index is 2.39. The van der Waals surface area contributed by atoms with Crippen LogP contribution in [0, 0.1) is 19.8 Å². The second-order valence-corrected chi connectivity index (χ2v) is 7.54. The standard InChI is InChI=1S/C22H29NO3/c1-12(2)18-11-16(7-8-19(18)24)21(25)20-14(5)9-17(10-15(20)6)23-22(26)13(3)4/h7-13,21,24-25H,1-6H3,(H,23,26). The molecular formula is C22H29NO3. The lowest BCUT2D eigenvalue weighted by Gasteiger charge is -2.20. The topological polar surface area (TPSA) is 69.6 Å². The average Bonchev–Trinajstić information content (AvgIpc) is 2.53. The number of phenols is 1. The van der Waals surface area contributed by atoms with E-state index < -0.39 is 6.10 Å². The van der Waals surface area contributed by atoms with Crippen LogP contribution in [0.4, 0.5) is 5.69 Å². The van der Waals surface area contributed by atoms with Crippen LogP contribution in [0.1, 0.15) is 67.5 Å². The molecule has 0 radical (unpaired) electrons. The Kier molecular flexibility index (Phi) is 6.09. The lowest BCUT2D eigenvalue weighted by Crippen LogP contribution is -2.18. The lowest BCUT2D eigenvalue weighted by atomic mass is 9.90. The second kappa shape index (κ2) is 7.92. The number of carbonyl (C=O) groups excluding carboxylic acids is 1. The lowest BCUT2D eigenvalue weighted by molar-refractivity contribution is -0.118. The van der Waals surface area contributed by atoms with Crippen LogP contribution < -0.4 is 5.32 Å². The summed E-state index contributed by atoms with van der Waals surface area (Å²) >= 11 is 0. The van der Waals surface area contributed by atoms with Gasteiger partial charge in [-0.1, -0.05) is 33.8 Å². The van der Waals surface area contributed by atoms with Gasteiger partial charge in [0, 0.05) is 11.6 Å². The molecule has 0 spiro atoms. The third-order valence-electron chi connectivity index (χ3n) is 4.65. The van der Waals surface area contributed by atoms with Gasteiger partial charge < -0.3 is 15.5 Å². The summed E-state index contributed by atoms with van der Waals surface area (Å²) in [6.45, 7) is 11.6. The largest absolute Gasteiger partial charge is 0.508 e. The summed E-state index contributed by atoms with van der Waals surface area (Å²) in [6.07, 6.45) is -0.789. The average molecular weight is 355 g/mol. The maximum Gasteiger partial charge on any atom is 0.226 e. The molecule has 1 amide bonds. The van der Waals surface area contributed by atoms with Crippen molar-refractivity contribution in [1.29, 1.82) is 0 Å². The highest BCUT2D eigenvalue weighted by Crippen LogP contribution is 2.34. The number of nitrogens with one attached hydrogen (secondary N) is 1. The predicted molar refractivity (Wildman–Crippen MR) is 106 cm³/mol. The van der Waals surface area contributed by atoms with Gasteiger partial charge in [0.05, 0.1) is 0 Å². The summed E-state index contributed by atoms with van der Waals surface area (Å²) in [5.74, 6) is 0.290. The first-order chi connectivity index (χ1) is 12.1. The maximum absolute atomic E-state index is 11.9. The molecule has 0 bridgehead atoms. The summed E-state index contributed by atoms with van der Waals surface area (Å²) in [7, 11) is 0. The Labute approximate surface area is 155 Å². The Hall–Kier alpha value is -2.33. The molecule has 0 aliphatic rings. The van der Waals surface area contributed by atoms with Crippen molar-refractivity contribution in [2.75, 3.05) is 5.32 Å². The molecule has 4 nitrogen and oxygen atoms in total. The zero-order chi connectivity index (χ0) is 19.6. The van der Waals surface area contributed by atoms with E-state index in [0.29, 0.717) is 0 Å². The van der Waals surface area contributed by atoms with Gasteiger partial charge in [-0.15, -0.1) is 0 Å². The Bertz CT molecular complexity index is 786. The predicted octanol–water partition coefficient (Wildman–Crippen LogP) is 4.81. The number of hydrogen-bond acceptors (Lipinski definition) is 3. The number of aromatic hydroxyl groups is 1. The normalized spacial score (nSPS) is 12.5. The van der Waals surface area contributed by atoms with E-state index in [4.69, 9.17) is 0 Å². The first-order valence-electron chi connectivity index (χ1n) is 9.04. The molecular weight excluding hydrogens is 326 g/mol. The van der Waals surface area contributed by atoms with E-state index in [0.717, 1.165) is 33.5 Å². The van der Waals surface area contributed by atoms with Crippen molar-refractivity contribution < 1.29 is 15.0 Å². The highest BCUT2D eigenvalue weighted by Gasteiger charge is 2.19. The zero-order valence-electron chi connectivity index (χ0n) is 16.4. The molecule has 2 aromatic rings. The molecule has 2 aromatic carbocycles. The van der Waals surface area contributed by atoms with Crippen LogP contribution in [0.15, 0.2) is 30.3 Å². The van der Waals surface area contributed by atoms with Crippen LogP contribution >= 0.6 is 0 Å². The van der Waals surface area contributed by atoms with Crippen molar-refractivity contribution >= 4 is 11.6 Å². The first-order valence-corrected chi connectivity index (χ1v) is 9.04. The van der Waals surface area contributed by atoms with E-state index in [1.807, 2.05) is 59.7 Å². The Morgan fingerprint density at radius 1 is 1.00 bits per heavy atom. The van der Waals surface area contributed by atoms with Gasteiger partial charge in [0.2, 0.25) is 5.91 Å². The van der Waals surface area contributed by atoms with Gasteiger partial charge in [0.1, 0.15) is 11.9 Å². The van der Waals surface area contributed by atoms with E-state index >= 15 is 0 Å². The number of benzene rings is 2. The van der Waals surface area contributed by atoms with Crippen LogP contribution in [0.5, 0.6) is 5.75 Å². The van der Waals surface area contributed by atoms with Crippen LogP contribution in [-0.2, 0) is 4.79 Å². The second-order valence-electron chi connectivity index (χ2n) is 7.54. The van der Waals surface area contributed by atoms with Gasteiger partial charge in [-0.3, -0.25) is 4.79 Å². The Morgan fingerprint density at radius 2 is 1.58 bits per heavy atom. The number of rotatable bonds is 5. The zero-order valence-corrected chi connectivity index (χ0v) is 16.4. The summed E-state index contributed by atoms with van der Waals surface area (Å²) in [5, 5.41) is 23.9. The number of anilines is 1. The molecule has 0 aromatic heterocycles. The minimum absolute atomic E-state index is 0.0304. The van der Waals surface area contributed by atoms with Crippen LogP contribution in [0.2, 0.25) is 0 Å². The molecule has 0 fully saturated rings. The fourth-order valence-electron chi connectivity index (χ4n) is 3.14. The summed E-state index contributed by atoms with van der Waals surface area (Å²) in [5.41, 5.74) is 4.96. The third-order valence-corrected chi connectivity index (χ3v) is 4.65. The molecule has 0 aliphatic heterocycles. The quantitative estimate of drug-likeness (QED) is 0.721. The van der Waals surface area contributed by atoms with E-state index in [9.17, 15) is 15.0 Å². The van der Waals surface area contributed by atoms with Crippen molar-refractivity contribution in [2.24, 2.45) is 5.92 Å². The van der Waals surface area contributed by atoms with Crippen LogP contribution in [0.3, 0.4) is 0 Å². The SMILES string of the molecule is Cc1cc(NC(=O)C(C)C)cc(C)c1C(O)c1ccc(O)c(C(C)C)c1. The molecule has 140 valence electrons. The number of carbonyl (C=O) groups is 1. The molecule has 3 N–H and O–H groups in total. The molecule has 0 heterocycles. The molecule has 0 saturated heterocycles. The first kappa shape index (κ1) is 20.0. The van der Waals surface area contributed by atoms with E-state index in [1.54, 1.807) is 12.1 Å². The van der Waals surface area contributed by atoms with Gasteiger partial charge >= 0.3 is 0 Å². The summed E-state index contributed by atoms with van der Waals surface area (Å²) in [6, 6.07) is 9.01. The number of hydrogen-bond donors (Lipinski definition) is 3. The minimum Gasteiger partial charge on any atom is -0.508 e. The van der Waals surface area contributed by atoms with Gasteiger partial charge in [-0.05, 0) is 71.8 Å². The minimum atomic E-state index is -0.789. The molecule has 1 unspecified atom stereocenters. The van der Waals surface area contributed by atoms with Crippen molar-refractivity contribution in [1.82, 2.24) is 0 Å². The highest BCUT2D eigenvalue weighted by atomic mass is 16.3.